The molecule has 4 heteroatoms. The molecule has 0 saturated heterocycles. The summed E-state index contributed by atoms with van der Waals surface area (Å²) in [6.07, 6.45) is 7.67. The largest absolute Gasteiger partial charge is 0.490 e. The Balaban J connectivity index is 1.77. The van der Waals surface area contributed by atoms with Gasteiger partial charge in [-0.15, -0.1) is 0 Å². The number of hydrogen-bond acceptors (Lipinski definition) is 2. The Labute approximate surface area is 127 Å². The van der Waals surface area contributed by atoms with Crippen LogP contribution < -0.4 is 15.4 Å². The molecule has 0 unspecified atom stereocenters. The molecular weight excluding hydrogens is 268 g/mol. The summed E-state index contributed by atoms with van der Waals surface area (Å²) in [5.74, 6) is 0.951. The van der Waals surface area contributed by atoms with E-state index >= 15 is 0 Å². The van der Waals surface area contributed by atoms with Gasteiger partial charge in [-0.3, -0.25) is 0 Å². The van der Waals surface area contributed by atoms with E-state index in [0.717, 1.165) is 24.4 Å². The Morgan fingerprint density at radius 1 is 1.25 bits per heavy atom. The number of rotatable bonds is 6. The SMILES string of the molecule is CCCCNC(=S)Nc1ccc(OC2CCCC2)cc1. The van der Waals surface area contributed by atoms with Crippen LogP contribution in [-0.4, -0.2) is 17.8 Å². The molecule has 0 radical (unpaired) electrons. The molecule has 0 amide bonds. The zero-order valence-corrected chi connectivity index (χ0v) is 13.0. The standard InChI is InChI=1S/C16H24N2OS/c1-2-3-12-17-16(20)18-13-8-10-15(11-9-13)19-14-6-4-5-7-14/h8-11,14H,2-7,12H2,1H3,(H2,17,18,20). The molecule has 0 aromatic heterocycles. The van der Waals surface area contributed by atoms with Crippen LogP contribution in [0, 0.1) is 0 Å². The molecule has 0 bridgehead atoms. The third-order valence-corrected chi connectivity index (χ3v) is 3.78. The van der Waals surface area contributed by atoms with Crippen molar-refractivity contribution in [2.24, 2.45) is 0 Å². The molecule has 1 aliphatic rings. The molecule has 2 rings (SSSR count). The summed E-state index contributed by atoms with van der Waals surface area (Å²) in [6, 6.07) is 8.04. The molecule has 0 aliphatic heterocycles. The van der Waals surface area contributed by atoms with Crippen molar-refractivity contribution >= 4 is 23.0 Å². The van der Waals surface area contributed by atoms with Gasteiger partial charge in [0.25, 0.3) is 0 Å². The predicted molar refractivity (Wildman–Crippen MR) is 88.5 cm³/mol. The lowest BCUT2D eigenvalue weighted by Crippen LogP contribution is -2.29. The van der Waals surface area contributed by atoms with Crippen molar-refractivity contribution in [2.75, 3.05) is 11.9 Å². The third kappa shape index (κ3) is 5.00. The van der Waals surface area contributed by atoms with Crippen molar-refractivity contribution in [3.63, 3.8) is 0 Å². The fraction of sp³-hybridized carbons (Fsp3) is 0.562. The van der Waals surface area contributed by atoms with Crippen LogP contribution in [0.4, 0.5) is 5.69 Å². The van der Waals surface area contributed by atoms with Crippen molar-refractivity contribution < 1.29 is 4.74 Å². The molecule has 1 aliphatic carbocycles. The fourth-order valence-corrected chi connectivity index (χ4v) is 2.59. The first-order valence-electron chi connectivity index (χ1n) is 7.59. The van der Waals surface area contributed by atoms with E-state index in [-0.39, 0.29) is 0 Å². The van der Waals surface area contributed by atoms with Crippen molar-refractivity contribution in [3.8, 4) is 5.75 Å². The molecule has 3 nitrogen and oxygen atoms in total. The van der Waals surface area contributed by atoms with Gasteiger partial charge in [-0.05, 0) is 68.6 Å². The number of anilines is 1. The molecule has 20 heavy (non-hydrogen) atoms. The molecule has 2 N–H and O–H groups in total. The smallest absolute Gasteiger partial charge is 0.170 e. The van der Waals surface area contributed by atoms with Crippen LogP contribution in [0.1, 0.15) is 45.4 Å². The lowest BCUT2D eigenvalue weighted by molar-refractivity contribution is 0.210. The normalized spacial score (nSPS) is 15.1. The molecule has 1 aromatic rings. The van der Waals surface area contributed by atoms with Crippen molar-refractivity contribution in [2.45, 2.75) is 51.6 Å². The van der Waals surface area contributed by atoms with Crippen molar-refractivity contribution in [3.05, 3.63) is 24.3 Å². The summed E-state index contributed by atoms with van der Waals surface area (Å²) in [7, 11) is 0. The van der Waals surface area contributed by atoms with E-state index in [1.807, 2.05) is 24.3 Å². The lowest BCUT2D eigenvalue weighted by atomic mass is 10.3. The monoisotopic (exact) mass is 292 g/mol. The van der Waals surface area contributed by atoms with Gasteiger partial charge in [-0.25, -0.2) is 0 Å². The number of nitrogens with one attached hydrogen (secondary N) is 2. The summed E-state index contributed by atoms with van der Waals surface area (Å²) >= 11 is 5.24. The average Bonchev–Trinajstić information content (AvgIpc) is 2.94. The van der Waals surface area contributed by atoms with Gasteiger partial charge in [0.2, 0.25) is 0 Å². The van der Waals surface area contributed by atoms with Crippen molar-refractivity contribution in [1.82, 2.24) is 5.32 Å². The van der Waals surface area contributed by atoms with Gasteiger partial charge >= 0.3 is 0 Å². The molecule has 0 spiro atoms. The maximum absolute atomic E-state index is 5.94. The van der Waals surface area contributed by atoms with Gasteiger partial charge in [0.1, 0.15) is 5.75 Å². The van der Waals surface area contributed by atoms with Crippen molar-refractivity contribution in [1.29, 1.82) is 0 Å². The minimum absolute atomic E-state index is 0.408. The van der Waals surface area contributed by atoms with Gasteiger partial charge in [0, 0.05) is 12.2 Å². The van der Waals surface area contributed by atoms with Gasteiger partial charge in [-0.1, -0.05) is 13.3 Å². The predicted octanol–water partition coefficient (Wildman–Crippen LogP) is 4.09. The Morgan fingerprint density at radius 2 is 1.95 bits per heavy atom. The van der Waals surface area contributed by atoms with Crippen LogP contribution in [0.15, 0.2) is 24.3 Å². The highest BCUT2D eigenvalue weighted by molar-refractivity contribution is 7.80. The Bertz CT molecular complexity index is 413. The second kappa shape index (κ2) is 8.10. The van der Waals surface area contributed by atoms with E-state index in [9.17, 15) is 0 Å². The number of hydrogen-bond donors (Lipinski definition) is 2. The van der Waals surface area contributed by atoms with Gasteiger partial charge in [0.05, 0.1) is 6.10 Å². The van der Waals surface area contributed by atoms with Gasteiger partial charge < -0.3 is 15.4 Å². The Morgan fingerprint density at radius 3 is 2.60 bits per heavy atom. The number of ether oxygens (including phenoxy) is 1. The minimum Gasteiger partial charge on any atom is -0.490 e. The van der Waals surface area contributed by atoms with Crippen LogP contribution in [-0.2, 0) is 0 Å². The first-order chi connectivity index (χ1) is 9.78. The zero-order valence-electron chi connectivity index (χ0n) is 12.2. The summed E-state index contributed by atoms with van der Waals surface area (Å²) in [5, 5.41) is 7.06. The van der Waals surface area contributed by atoms with E-state index in [1.165, 1.54) is 32.1 Å². The second-order valence-electron chi connectivity index (χ2n) is 5.28. The second-order valence-corrected chi connectivity index (χ2v) is 5.69. The van der Waals surface area contributed by atoms with Gasteiger partial charge in [-0.2, -0.15) is 0 Å². The fourth-order valence-electron chi connectivity index (χ4n) is 2.37. The maximum Gasteiger partial charge on any atom is 0.170 e. The third-order valence-electron chi connectivity index (χ3n) is 3.53. The number of thiocarbonyl (C=S) groups is 1. The van der Waals surface area contributed by atoms with E-state index in [0.29, 0.717) is 11.2 Å². The summed E-state index contributed by atoms with van der Waals surface area (Å²) in [4.78, 5) is 0. The highest BCUT2D eigenvalue weighted by atomic mass is 32.1. The van der Waals surface area contributed by atoms with Crippen LogP contribution in [0.3, 0.4) is 0 Å². The average molecular weight is 292 g/mol. The van der Waals surface area contributed by atoms with E-state index < -0.39 is 0 Å². The van der Waals surface area contributed by atoms with E-state index in [4.69, 9.17) is 17.0 Å². The van der Waals surface area contributed by atoms with E-state index in [1.54, 1.807) is 0 Å². The first-order valence-corrected chi connectivity index (χ1v) is 8.00. The molecule has 1 saturated carbocycles. The first kappa shape index (κ1) is 15.1. The zero-order chi connectivity index (χ0) is 14.2. The van der Waals surface area contributed by atoms with Crippen LogP contribution in [0.2, 0.25) is 0 Å². The number of benzene rings is 1. The molecular formula is C16H24N2OS. The lowest BCUT2D eigenvalue weighted by Gasteiger charge is -2.14. The summed E-state index contributed by atoms with van der Waals surface area (Å²) in [5.41, 5.74) is 0.998. The Kier molecular flexibility index (Phi) is 6.12. The molecule has 110 valence electrons. The molecule has 0 atom stereocenters. The van der Waals surface area contributed by atoms with Gasteiger partial charge in [0.15, 0.2) is 5.11 Å². The molecule has 1 fully saturated rings. The van der Waals surface area contributed by atoms with Crippen LogP contribution in [0.5, 0.6) is 5.75 Å². The quantitative estimate of drug-likeness (QED) is 0.611. The molecule has 1 aromatic carbocycles. The maximum atomic E-state index is 5.94. The highest BCUT2D eigenvalue weighted by Crippen LogP contribution is 2.24. The van der Waals surface area contributed by atoms with Crippen LogP contribution >= 0.6 is 12.2 Å². The van der Waals surface area contributed by atoms with Crippen LogP contribution in [0.25, 0.3) is 0 Å². The topological polar surface area (TPSA) is 33.3 Å². The summed E-state index contributed by atoms with van der Waals surface area (Å²) < 4.78 is 5.94. The number of unbranched alkanes of at least 4 members (excludes halogenated alkanes) is 1. The van der Waals surface area contributed by atoms with E-state index in [2.05, 4.69) is 17.6 Å². The highest BCUT2D eigenvalue weighted by Gasteiger charge is 2.16. The Hall–Kier alpha value is -1.29. The summed E-state index contributed by atoms with van der Waals surface area (Å²) in [6.45, 7) is 3.09. The minimum atomic E-state index is 0.408. The molecule has 0 heterocycles.